The molecule has 0 radical (unpaired) electrons. The number of anilines is 2. The number of aromatic nitrogens is 2. The number of piperidine rings is 1. The lowest BCUT2D eigenvalue weighted by atomic mass is 9.93. The number of hydrogen-bond acceptors (Lipinski definition) is 8. The van der Waals surface area contributed by atoms with Gasteiger partial charge < -0.3 is 30.1 Å². The van der Waals surface area contributed by atoms with Crippen LogP contribution in [0.4, 0.5) is 11.8 Å². The maximum Gasteiger partial charge on any atom is 0.469 e. The van der Waals surface area contributed by atoms with Crippen molar-refractivity contribution in [3.8, 4) is 5.75 Å². The molecule has 2 unspecified atom stereocenters. The predicted octanol–water partition coefficient (Wildman–Crippen LogP) is 3.36. The first kappa shape index (κ1) is 26.2. The maximum absolute atomic E-state index is 13.2. The molecule has 0 bridgehead atoms. The highest BCUT2D eigenvalue weighted by Crippen LogP contribution is 2.46. The zero-order valence-electron chi connectivity index (χ0n) is 20.5. The molecule has 0 spiro atoms. The molecule has 200 valence electrons. The van der Waals surface area contributed by atoms with Crippen molar-refractivity contribution >= 4 is 37.1 Å². The zero-order chi connectivity index (χ0) is 26.2. The van der Waals surface area contributed by atoms with Gasteiger partial charge in [-0.15, -0.1) is 0 Å². The molecule has 3 aliphatic rings. The lowest BCUT2D eigenvalue weighted by Gasteiger charge is -2.29. The van der Waals surface area contributed by atoms with E-state index in [0.29, 0.717) is 72.2 Å². The van der Waals surface area contributed by atoms with E-state index in [4.69, 9.17) is 35.6 Å². The minimum absolute atomic E-state index is 0.136. The second-order valence-corrected chi connectivity index (χ2v) is 11.6. The van der Waals surface area contributed by atoms with Crippen LogP contribution in [0.1, 0.15) is 48.0 Å². The molecule has 13 heteroatoms. The molecular formula is C24H31ClN5O6P. The van der Waals surface area contributed by atoms with Gasteiger partial charge >= 0.3 is 7.82 Å². The van der Waals surface area contributed by atoms with E-state index in [0.717, 1.165) is 18.7 Å². The smallest absolute Gasteiger partial charge is 0.469 e. The van der Waals surface area contributed by atoms with Crippen LogP contribution in [0.15, 0.2) is 24.4 Å². The predicted molar refractivity (Wildman–Crippen MR) is 138 cm³/mol. The number of halogens is 1. The monoisotopic (exact) mass is 551 g/mol. The molecule has 2 saturated carbocycles. The van der Waals surface area contributed by atoms with E-state index in [-0.39, 0.29) is 11.9 Å². The highest BCUT2D eigenvalue weighted by molar-refractivity contribution is 7.46. The number of amides is 1. The van der Waals surface area contributed by atoms with Crippen LogP contribution in [0.3, 0.4) is 0 Å². The number of fused-ring (bicyclic) bond motifs is 1. The van der Waals surface area contributed by atoms with Crippen LogP contribution in [0.5, 0.6) is 5.75 Å². The molecule has 1 amide bonds. The Morgan fingerprint density at radius 2 is 1.95 bits per heavy atom. The van der Waals surface area contributed by atoms with Crippen LogP contribution < -0.4 is 20.3 Å². The van der Waals surface area contributed by atoms with Crippen LogP contribution in [-0.4, -0.2) is 58.0 Å². The lowest BCUT2D eigenvalue weighted by molar-refractivity contribution is 0.0820. The highest BCUT2D eigenvalue weighted by Gasteiger charge is 2.46. The molecule has 2 aromatic rings. The lowest BCUT2D eigenvalue weighted by Crippen LogP contribution is -2.39. The van der Waals surface area contributed by atoms with E-state index < -0.39 is 13.9 Å². The number of benzene rings is 1. The van der Waals surface area contributed by atoms with Crippen LogP contribution in [0.2, 0.25) is 5.02 Å². The molecule has 5 rings (SSSR count). The minimum Gasteiger partial charge on any atom is -0.495 e. The third-order valence-electron chi connectivity index (χ3n) is 7.25. The van der Waals surface area contributed by atoms with Crippen LogP contribution in [0, 0.1) is 11.8 Å². The quantitative estimate of drug-likeness (QED) is 0.342. The van der Waals surface area contributed by atoms with E-state index in [1.54, 1.807) is 25.4 Å². The topological polar surface area (TPSA) is 146 Å². The fourth-order valence-corrected chi connectivity index (χ4v) is 6.04. The Morgan fingerprint density at radius 1 is 1.22 bits per heavy atom. The van der Waals surface area contributed by atoms with Crippen LogP contribution in [0.25, 0.3) is 0 Å². The molecule has 1 aromatic carbocycles. The van der Waals surface area contributed by atoms with Crippen molar-refractivity contribution in [3.63, 3.8) is 0 Å². The average Bonchev–Trinajstić information content (AvgIpc) is 3.47. The number of phosphoric ester groups is 1. The number of nitrogens with one attached hydrogen (secondary N) is 2. The van der Waals surface area contributed by atoms with Crippen molar-refractivity contribution < 1.29 is 28.4 Å². The van der Waals surface area contributed by atoms with E-state index >= 15 is 0 Å². The summed E-state index contributed by atoms with van der Waals surface area (Å²) < 4.78 is 21.1. The maximum atomic E-state index is 13.2. The highest BCUT2D eigenvalue weighted by atomic mass is 35.5. The van der Waals surface area contributed by atoms with Crippen LogP contribution in [-0.2, 0) is 15.6 Å². The fourth-order valence-electron chi connectivity index (χ4n) is 5.16. The molecule has 3 fully saturated rings. The van der Waals surface area contributed by atoms with Gasteiger partial charge in [0.05, 0.1) is 18.2 Å². The van der Waals surface area contributed by atoms with Crippen molar-refractivity contribution in [3.05, 3.63) is 40.5 Å². The zero-order valence-corrected chi connectivity index (χ0v) is 22.1. The summed E-state index contributed by atoms with van der Waals surface area (Å²) in [6, 6.07) is 5.36. The van der Waals surface area contributed by atoms with Crippen molar-refractivity contribution in [1.29, 1.82) is 0 Å². The molecule has 1 saturated heterocycles. The Bertz CT molecular complexity index is 1190. The Morgan fingerprint density at radius 3 is 2.59 bits per heavy atom. The minimum atomic E-state index is -4.52. The first-order valence-electron chi connectivity index (χ1n) is 12.4. The number of hydrogen-bond donors (Lipinski definition) is 4. The van der Waals surface area contributed by atoms with Crippen molar-refractivity contribution in [1.82, 2.24) is 15.3 Å². The summed E-state index contributed by atoms with van der Waals surface area (Å²) in [5.74, 6) is 2.76. The van der Waals surface area contributed by atoms with E-state index in [1.807, 2.05) is 6.07 Å². The van der Waals surface area contributed by atoms with Gasteiger partial charge in [0.15, 0.2) is 0 Å². The summed E-state index contributed by atoms with van der Waals surface area (Å²) in [7, 11) is -2.96. The number of phosphoric acid groups is 1. The first-order valence-corrected chi connectivity index (χ1v) is 14.3. The van der Waals surface area contributed by atoms with Crippen molar-refractivity contribution in [2.75, 3.05) is 30.4 Å². The Kier molecular flexibility index (Phi) is 7.60. The third-order valence-corrected chi connectivity index (χ3v) is 8.12. The van der Waals surface area contributed by atoms with Gasteiger partial charge in [-0.25, -0.2) is 9.55 Å². The summed E-state index contributed by atoms with van der Waals surface area (Å²) >= 11 is 6.27. The van der Waals surface area contributed by atoms with E-state index in [1.165, 1.54) is 6.42 Å². The van der Waals surface area contributed by atoms with Gasteiger partial charge in [0.1, 0.15) is 17.1 Å². The van der Waals surface area contributed by atoms with Crippen LogP contribution >= 0.6 is 19.4 Å². The molecule has 1 aromatic heterocycles. The van der Waals surface area contributed by atoms with Gasteiger partial charge in [0.25, 0.3) is 5.91 Å². The van der Waals surface area contributed by atoms with Crippen molar-refractivity contribution in [2.45, 2.75) is 50.8 Å². The normalized spacial score (nSPS) is 24.9. The van der Waals surface area contributed by atoms with Crippen molar-refractivity contribution in [2.24, 2.45) is 11.8 Å². The summed E-state index contributed by atoms with van der Waals surface area (Å²) in [6.45, 7) is 2.27. The number of nitrogens with zero attached hydrogens (tertiary/aromatic N) is 3. The van der Waals surface area contributed by atoms with Gasteiger partial charge in [-0.05, 0) is 61.6 Å². The van der Waals surface area contributed by atoms with Gasteiger partial charge in [-0.1, -0.05) is 17.7 Å². The fraction of sp³-hybridized carbons (Fsp3) is 0.542. The second kappa shape index (κ2) is 10.7. The van der Waals surface area contributed by atoms with Gasteiger partial charge in [-0.2, -0.15) is 4.98 Å². The molecule has 1 aliphatic heterocycles. The Balaban J connectivity index is 1.28. The van der Waals surface area contributed by atoms with E-state index in [2.05, 4.69) is 20.5 Å². The largest absolute Gasteiger partial charge is 0.495 e. The molecule has 4 N–H and O–H groups in total. The molecule has 2 atom stereocenters. The number of ether oxygens (including phenoxy) is 1. The third kappa shape index (κ3) is 6.53. The summed E-state index contributed by atoms with van der Waals surface area (Å²) in [5.41, 5.74) is 1.24. The number of carbonyl (C=O) groups is 1. The number of rotatable bonds is 9. The molecular weight excluding hydrogens is 521 g/mol. The van der Waals surface area contributed by atoms with Gasteiger partial charge in [0, 0.05) is 31.9 Å². The van der Waals surface area contributed by atoms with Gasteiger partial charge in [-0.3, -0.25) is 9.32 Å². The first-order chi connectivity index (χ1) is 17.7. The van der Waals surface area contributed by atoms with E-state index in [9.17, 15) is 9.36 Å². The number of methoxy groups -OCH3 is 1. The molecule has 37 heavy (non-hydrogen) atoms. The molecule has 2 heterocycles. The molecule has 11 nitrogen and oxygen atoms in total. The standard InChI is InChI=1S/C24H31ClN5O6P/c1-35-21-7-2-14(8-20(21)25)10-26-22-19(11-27-24(29-22)30-12-15-9-16(15)13-30)23(31)28-17-3-5-18(6-4-17)36-37(32,33)34/h2,7-8,11,15-18H,3-6,9-10,12-13H2,1H3,(H,28,31)(H,26,27,29)(H2,32,33,34)/t15?,16?,17-,18-. The summed E-state index contributed by atoms with van der Waals surface area (Å²) in [4.78, 5) is 42.7. The summed E-state index contributed by atoms with van der Waals surface area (Å²) in [5, 5.41) is 6.81. The van der Waals surface area contributed by atoms with Gasteiger partial charge in [0.2, 0.25) is 5.95 Å². The Labute approximate surface area is 220 Å². The Hall–Kier alpha value is -2.43. The number of carbonyl (C=O) groups excluding carboxylic acids is 1. The SMILES string of the molecule is COc1ccc(CNc2nc(N3CC4CC4C3)ncc2C(=O)N[C@H]2CC[C@H](OP(=O)(O)O)CC2)cc1Cl. The second-order valence-electron chi connectivity index (χ2n) is 9.96. The molecule has 2 aliphatic carbocycles. The summed E-state index contributed by atoms with van der Waals surface area (Å²) in [6.07, 6.45) is 4.32. The average molecular weight is 552 g/mol.